The molecule has 1 aromatic heterocycles. The molecule has 1 aromatic carbocycles. The van der Waals surface area contributed by atoms with Crippen LogP contribution in [0, 0.1) is 0 Å². The molecule has 0 bridgehead atoms. The van der Waals surface area contributed by atoms with Gasteiger partial charge >= 0.3 is 0 Å². The molecule has 5 nitrogen and oxygen atoms in total. The molecule has 5 heteroatoms. The maximum atomic E-state index is 13.2. The first-order chi connectivity index (χ1) is 13.3. The number of carbonyl (C=O) groups is 1. The Morgan fingerprint density at radius 2 is 1.89 bits per heavy atom. The molecule has 2 fully saturated rings. The van der Waals surface area contributed by atoms with Gasteiger partial charge in [-0.3, -0.25) is 4.79 Å². The molecule has 4 rings (SSSR count). The van der Waals surface area contributed by atoms with Crippen molar-refractivity contribution < 1.29 is 4.79 Å². The first-order valence-electron chi connectivity index (χ1n) is 10.1. The van der Waals surface area contributed by atoms with Crippen LogP contribution in [0.1, 0.15) is 47.3 Å². The Hall–Kier alpha value is -2.40. The van der Waals surface area contributed by atoms with Crippen LogP contribution in [0.15, 0.2) is 42.6 Å². The van der Waals surface area contributed by atoms with Gasteiger partial charge in [-0.1, -0.05) is 31.2 Å². The first-order valence-corrected chi connectivity index (χ1v) is 10.1. The number of rotatable bonds is 4. The summed E-state index contributed by atoms with van der Waals surface area (Å²) in [5.41, 5.74) is 3.19. The van der Waals surface area contributed by atoms with E-state index in [1.807, 2.05) is 17.0 Å². The van der Waals surface area contributed by atoms with E-state index in [0.29, 0.717) is 12.1 Å². The standard InChI is InChI=1S/C22H28N4O/c1-2-17-5-7-18(8-6-17)20-16-23-11-14-26(20)22(27)19-9-10-21(24-15-19)25-12-3-4-13-25/h5-10,15,20,23H,2-4,11-14,16H2,1H3. The van der Waals surface area contributed by atoms with E-state index in [-0.39, 0.29) is 11.9 Å². The number of aryl methyl sites for hydroxylation is 1. The number of aromatic nitrogens is 1. The summed E-state index contributed by atoms with van der Waals surface area (Å²) in [4.78, 5) is 22.0. The topological polar surface area (TPSA) is 48.5 Å². The molecule has 27 heavy (non-hydrogen) atoms. The van der Waals surface area contributed by atoms with Crippen LogP contribution in [0.3, 0.4) is 0 Å². The van der Waals surface area contributed by atoms with E-state index in [1.54, 1.807) is 6.20 Å². The monoisotopic (exact) mass is 364 g/mol. The lowest BCUT2D eigenvalue weighted by Gasteiger charge is -2.36. The van der Waals surface area contributed by atoms with Gasteiger partial charge in [0.15, 0.2) is 0 Å². The minimum Gasteiger partial charge on any atom is -0.357 e. The Kier molecular flexibility index (Phi) is 5.39. The predicted octanol–water partition coefficient (Wildman–Crippen LogP) is 3.03. The molecular formula is C22H28N4O. The number of hydrogen-bond donors (Lipinski definition) is 1. The van der Waals surface area contributed by atoms with Gasteiger partial charge in [0.05, 0.1) is 11.6 Å². The summed E-state index contributed by atoms with van der Waals surface area (Å²) in [5, 5.41) is 3.43. The molecule has 2 aliphatic heterocycles. The SMILES string of the molecule is CCc1ccc(C2CNCCN2C(=O)c2ccc(N3CCCC3)nc2)cc1. The number of amides is 1. The van der Waals surface area contributed by atoms with Crippen molar-refractivity contribution in [1.82, 2.24) is 15.2 Å². The van der Waals surface area contributed by atoms with Crippen molar-refractivity contribution in [2.75, 3.05) is 37.6 Å². The van der Waals surface area contributed by atoms with Gasteiger partial charge in [-0.15, -0.1) is 0 Å². The molecule has 2 saturated heterocycles. The molecule has 3 heterocycles. The highest BCUT2D eigenvalue weighted by molar-refractivity contribution is 5.94. The van der Waals surface area contributed by atoms with E-state index >= 15 is 0 Å². The molecular weight excluding hydrogens is 336 g/mol. The fourth-order valence-electron chi connectivity index (χ4n) is 4.03. The van der Waals surface area contributed by atoms with Crippen molar-refractivity contribution in [3.63, 3.8) is 0 Å². The normalized spacial score (nSPS) is 20.1. The molecule has 2 aromatic rings. The van der Waals surface area contributed by atoms with Gasteiger partial charge in [0.25, 0.3) is 5.91 Å². The molecule has 1 N–H and O–H groups in total. The van der Waals surface area contributed by atoms with Crippen LogP contribution < -0.4 is 10.2 Å². The van der Waals surface area contributed by atoms with E-state index in [2.05, 4.69) is 46.4 Å². The lowest BCUT2D eigenvalue weighted by Crippen LogP contribution is -2.48. The smallest absolute Gasteiger partial charge is 0.256 e. The highest BCUT2D eigenvalue weighted by Gasteiger charge is 2.29. The molecule has 2 aliphatic rings. The third-order valence-corrected chi connectivity index (χ3v) is 5.70. The van der Waals surface area contributed by atoms with Gasteiger partial charge in [0, 0.05) is 38.9 Å². The fraction of sp³-hybridized carbons (Fsp3) is 0.455. The molecule has 0 radical (unpaired) electrons. The Labute approximate surface area is 161 Å². The lowest BCUT2D eigenvalue weighted by atomic mass is 10.00. The third kappa shape index (κ3) is 3.83. The van der Waals surface area contributed by atoms with Crippen molar-refractivity contribution in [2.24, 2.45) is 0 Å². The van der Waals surface area contributed by atoms with Crippen molar-refractivity contribution in [3.8, 4) is 0 Å². The van der Waals surface area contributed by atoms with Crippen molar-refractivity contribution in [1.29, 1.82) is 0 Å². The summed E-state index contributed by atoms with van der Waals surface area (Å²) in [5.74, 6) is 1.05. The number of benzene rings is 1. The van der Waals surface area contributed by atoms with E-state index in [4.69, 9.17) is 0 Å². The summed E-state index contributed by atoms with van der Waals surface area (Å²) < 4.78 is 0. The Morgan fingerprint density at radius 3 is 2.56 bits per heavy atom. The van der Waals surface area contributed by atoms with Crippen molar-refractivity contribution in [3.05, 3.63) is 59.3 Å². The number of pyridine rings is 1. The Morgan fingerprint density at radius 1 is 1.11 bits per heavy atom. The molecule has 0 aliphatic carbocycles. The maximum absolute atomic E-state index is 13.2. The molecule has 1 atom stereocenters. The first kappa shape index (κ1) is 18.0. The second kappa shape index (κ2) is 8.09. The van der Waals surface area contributed by atoms with Crippen molar-refractivity contribution in [2.45, 2.75) is 32.2 Å². The van der Waals surface area contributed by atoms with Crippen LogP contribution in [-0.4, -0.2) is 48.5 Å². The summed E-state index contributed by atoms with van der Waals surface area (Å²) >= 11 is 0. The van der Waals surface area contributed by atoms with Gasteiger partial charge in [-0.05, 0) is 42.5 Å². The largest absolute Gasteiger partial charge is 0.357 e. The molecule has 142 valence electrons. The lowest BCUT2D eigenvalue weighted by molar-refractivity contribution is 0.0634. The highest BCUT2D eigenvalue weighted by atomic mass is 16.2. The second-order valence-corrected chi connectivity index (χ2v) is 7.41. The fourth-order valence-corrected chi connectivity index (χ4v) is 4.03. The van der Waals surface area contributed by atoms with Crippen LogP contribution in [0.2, 0.25) is 0 Å². The Balaban J connectivity index is 1.52. The summed E-state index contributed by atoms with van der Waals surface area (Å²) in [7, 11) is 0. The number of nitrogens with zero attached hydrogens (tertiary/aromatic N) is 3. The number of nitrogens with one attached hydrogen (secondary N) is 1. The summed E-state index contributed by atoms with van der Waals surface area (Å²) in [6, 6.07) is 12.6. The van der Waals surface area contributed by atoms with Crippen LogP contribution in [0.4, 0.5) is 5.82 Å². The zero-order valence-corrected chi connectivity index (χ0v) is 16.0. The van der Waals surface area contributed by atoms with Gasteiger partial charge in [0.1, 0.15) is 5.82 Å². The molecule has 1 unspecified atom stereocenters. The zero-order valence-electron chi connectivity index (χ0n) is 16.0. The summed E-state index contributed by atoms with van der Waals surface area (Å²) in [6.07, 6.45) is 5.22. The molecule has 1 amide bonds. The van der Waals surface area contributed by atoms with Gasteiger partial charge in [-0.2, -0.15) is 0 Å². The van der Waals surface area contributed by atoms with Crippen LogP contribution in [0.5, 0.6) is 0 Å². The second-order valence-electron chi connectivity index (χ2n) is 7.41. The van der Waals surface area contributed by atoms with E-state index in [0.717, 1.165) is 38.4 Å². The maximum Gasteiger partial charge on any atom is 0.256 e. The van der Waals surface area contributed by atoms with Crippen LogP contribution >= 0.6 is 0 Å². The van der Waals surface area contributed by atoms with E-state index in [1.165, 1.54) is 24.0 Å². The van der Waals surface area contributed by atoms with Gasteiger partial charge < -0.3 is 15.1 Å². The minimum atomic E-state index is 0.0652. The van der Waals surface area contributed by atoms with Crippen molar-refractivity contribution >= 4 is 11.7 Å². The number of piperazine rings is 1. The van der Waals surface area contributed by atoms with Gasteiger partial charge in [-0.25, -0.2) is 4.98 Å². The van der Waals surface area contributed by atoms with Crippen LogP contribution in [0.25, 0.3) is 0 Å². The summed E-state index contributed by atoms with van der Waals surface area (Å²) in [6.45, 7) is 6.62. The average Bonchev–Trinajstić information content (AvgIpc) is 3.28. The highest BCUT2D eigenvalue weighted by Crippen LogP contribution is 2.25. The van der Waals surface area contributed by atoms with Crippen LogP contribution in [-0.2, 0) is 6.42 Å². The number of hydrogen-bond acceptors (Lipinski definition) is 4. The van der Waals surface area contributed by atoms with E-state index in [9.17, 15) is 4.79 Å². The molecule has 0 spiro atoms. The zero-order chi connectivity index (χ0) is 18.6. The Bertz CT molecular complexity index is 766. The number of carbonyl (C=O) groups excluding carboxylic acids is 1. The third-order valence-electron chi connectivity index (χ3n) is 5.70. The van der Waals surface area contributed by atoms with E-state index < -0.39 is 0 Å². The minimum absolute atomic E-state index is 0.0652. The number of anilines is 1. The quantitative estimate of drug-likeness (QED) is 0.906. The molecule has 0 saturated carbocycles. The van der Waals surface area contributed by atoms with Gasteiger partial charge in [0.2, 0.25) is 0 Å². The average molecular weight is 364 g/mol. The predicted molar refractivity (Wildman–Crippen MR) is 108 cm³/mol.